The highest BCUT2D eigenvalue weighted by molar-refractivity contribution is 8.00. The summed E-state index contributed by atoms with van der Waals surface area (Å²) in [5, 5.41) is 4.64. The van der Waals surface area contributed by atoms with Gasteiger partial charge in [0.15, 0.2) is 10.8 Å². The van der Waals surface area contributed by atoms with Crippen LogP contribution in [0.25, 0.3) is 16.7 Å². The lowest BCUT2D eigenvalue weighted by Gasteiger charge is -2.12. The lowest BCUT2D eigenvalue weighted by atomic mass is 10.2. The summed E-state index contributed by atoms with van der Waals surface area (Å²) in [5.74, 6) is -0.310. The van der Waals surface area contributed by atoms with Gasteiger partial charge in [0.2, 0.25) is 0 Å². The highest BCUT2D eigenvalue weighted by Gasteiger charge is 2.21. The minimum Gasteiger partial charge on any atom is -0.465 e. The zero-order chi connectivity index (χ0) is 18.7. The van der Waals surface area contributed by atoms with Crippen molar-refractivity contribution in [2.75, 3.05) is 6.61 Å². The van der Waals surface area contributed by atoms with Crippen LogP contribution in [0, 0.1) is 6.92 Å². The summed E-state index contributed by atoms with van der Waals surface area (Å²) in [7, 11) is 0. The number of H-pyrrole nitrogens is 1. The molecule has 0 fully saturated rings. The van der Waals surface area contributed by atoms with Crippen molar-refractivity contribution in [1.29, 1.82) is 0 Å². The monoisotopic (exact) mass is 372 g/mol. The molecule has 3 aromatic rings. The highest BCUT2D eigenvalue weighted by Crippen LogP contribution is 2.24. The van der Waals surface area contributed by atoms with Crippen LogP contribution in [-0.2, 0) is 9.53 Å². The minimum absolute atomic E-state index is 0.283. The van der Waals surface area contributed by atoms with Crippen LogP contribution in [0.2, 0.25) is 0 Å². The Balaban J connectivity index is 2.00. The number of aryl methyl sites for hydroxylation is 1. The topological polar surface area (TPSA) is 89.9 Å². The summed E-state index contributed by atoms with van der Waals surface area (Å²) in [4.78, 5) is 31.6. The second kappa shape index (κ2) is 7.74. The van der Waals surface area contributed by atoms with Crippen molar-refractivity contribution >= 4 is 28.8 Å². The number of carbonyl (C=O) groups excluding carboxylic acids is 1. The Hall–Kier alpha value is -2.61. The second-order valence-corrected chi connectivity index (χ2v) is 6.96. The smallest absolute Gasteiger partial charge is 0.319 e. The van der Waals surface area contributed by atoms with Crippen LogP contribution in [0.1, 0.15) is 25.8 Å². The van der Waals surface area contributed by atoms with Crippen LogP contribution in [0.5, 0.6) is 0 Å². The number of aromatic amines is 1. The van der Waals surface area contributed by atoms with Crippen LogP contribution in [0.3, 0.4) is 0 Å². The molecule has 0 saturated heterocycles. The maximum absolute atomic E-state index is 12.4. The van der Waals surface area contributed by atoms with Gasteiger partial charge in [-0.05, 0) is 32.4 Å². The Labute approximate surface area is 154 Å². The van der Waals surface area contributed by atoms with E-state index in [1.807, 2.05) is 38.1 Å². The number of ether oxygens (including phenoxy) is 1. The highest BCUT2D eigenvalue weighted by atomic mass is 32.2. The van der Waals surface area contributed by atoms with E-state index in [1.54, 1.807) is 11.6 Å². The molecule has 2 aromatic heterocycles. The molecule has 0 aliphatic carbocycles. The predicted molar refractivity (Wildman–Crippen MR) is 101 cm³/mol. The van der Waals surface area contributed by atoms with Crippen LogP contribution in [0.15, 0.2) is 40.4 Å². The summed E-state index contributed by atoms with van der Waals surface area (Å²) in [6, 6.07) is 7.79. The number of hydrogen-bond donors (Lipinski definition) is 1. The lowest BCUT2D eigenvalue weighted by Crippen LogP contribution is -2.20. The van der Waals surface area contributed by atoms with Gasteiger partial charge in [0, 0.05) is 0 Å². The van der Waals surface area contributed by atoms with Crippen LogP contribution in [-0.4, -0.2) is 37.6 Å². The Kier molecular flexibility index (Phi) is 5.41. The van der Waals surface area contributed by atoms with Gasteiger partial charge in [0.25, 0.3) is 5.56 Å². The van der Waals surface area contributed by atoms with Crippen molar-refractivity contribution < 1.29 is 9.53 Å². The van der Waals surface area contributed by atoms with Gasteiger partial charge >= 0.3 is 5.97 Å². The number of hydrogen-bond acceptors (Lipinski definition) is 6. The largest absolute Gasteiger partial charge is 0.465 e. The van der Waals surface area contributed by atoms with E-state index >= 15 is 0 Å². The van der Waals surface area contributed by atoms with Crippen molar-refractivity contribution in [2.45, 2.75) is 37.6 Å². The van der Waals surface area contributed by atoms with Crippen molar-refractivity contribution in [1.82, 2.24) is 19.7 Å². The van der Waals surface area contributed by atoms with Gasteiger partial charge < -0.3 is 9.72 Å². The average Bonchev–Trinajstić information content (AvgIpc) is 3.05. The standard InChI is InChI=1S/C18H20N4O3S/c1-4-14(17(24)25-5-2)26-18-20-15-13(16(23)21-18)10-19-22(15)12-8-6-11(3)7-9-12/h6-10,14H,4-5H2,1-3H3,(H,20,21,23)/t14-/m1/s1. The first kappa shape index (κ1) is 18.2. The van der Waals surface area contributed by atoms with Gasteiger partial charge in [-0.15, -0.1) is 0 Å². The van der Waals surface area contributed by atoms with E-state index in [2.05, 4.69) is 15.1 Å². The SMILES string of the molecule is CCOC(=O)[C@@H](CC)Sc1nc2c(cnn2-c2ccc(C)cc2)c(=O)[nH]1. The molecule has 0 bridgehead atoms. The van der Waals surface area contributed by atoms with E-state index in [0.717, 1.165) is 11.3 Å². The molecule has 3 rings (SSSR count). The van der Waals surface area contributed by atoms with Crippen molar-refractivity contribution in [3.05, 3.63) is 46.4 Å². The maximum atomic E-state index is 12.4. The lowest BCUT2D eigenvalue weighted by molar-refractivity contribution is -0.142. The number of fused-ring (bicyclic) bond motifs is 1. The Bertz CT molecular complexity index is 978. The number of carbonyl (C=O) groups is 1. The Morgan fingerprint density at radius 2 is 2.04 bits per heavy atom. The molecule has 2 heterocycles. The number of benzene rings is 1. The molecular weight excluding hydrogens is 352 g/mol. The number of aromatic nitrogens is 4. The molecule has 0 unspecified atom stereocenters. The molecule has 0 aliphatic rings. The average molecular weight is 372 g/mol. The van der Waals surface area contributed by atoms with Crippen LogP contribution in [0.4, 0.5) is 0 Å². The van der Waals surface area contributed by atoms with E-state index < -0.39 is 5.25 Å². The van der Waals surface area contributed by atoms with Gasteiger partial charge in [-0.3, -0.25) is 9.59 Å². The molecule has 0 aliphatic heterocycles. The molecule has 1 N–H and O–H groups in total. The third kappa shape index (κ3) is 3.65. The van der Waals surface area contributed by atoms with Crippen LogP contribution < -0.4 is 5.56 Å². The third-order valence-corrected chi connectivity index (χ3v) is 5.10. The summed E-state index contributed by atoms with van der Waals surface area (Å²) in [6.07, 6.45) is 2.07. The van der Waals surface area contributed by atoms with Crippen molar-refractivity contribution in [3.8, 4) is 5.69 Å². The second-order valence-electron chi connectivity index (χ2n) is 5.77. The summed E-state index contributed by atoms with van der Waals surface area (Å²) in [5.41, 5.74) is 2.12. The summed E-state index contributed by atoms with van der Waals surface area (Å²) >= 11 is 1.19. The maximum Gasteiger partial charge on any atom is 0.319 e. The molecular formula is C18H20N4O3S. The molecule has 8 heteroatoms. The van der Waals surface area contributed by atoms with Crippen LogP contribution >= 0.6 is 11.8 Å². The van der Waals surface area contributed by atoms with Gasteiger partial charge in [-0.1, -0.05) is 36.4 Å². The van der Waals surface area contributed by atoms with E-state index in [4.69, 9.17) is 4.74 Å². The van der Waals surface area contributed by atoms with E-state index in [9.17, 15) is 9.59 Å². The molecule has 1 aromatic carbocycles. The fraction of sp³-hybridized carbons (Fsp3) is 0.333. The molecule has 7 nitrogen and oxygen atoms in total. The van der Waals surface area contributed by atoms with Gasteiger partial charge in [0.1, 0.15) is 10.6 Å². The number of thioether (sulfide) groups is 1. The third-order valence-electron chi connectivity index (χ3n) is 3.87. The normalized spacial score (nSPS) is 12.3. The van der Waals surface area contributed by atoms with Gasteiger partial charge in [-0.2, -0.15) is 5.10 Å². The molecule has 0 saturated carbocycles. The zero-order valence-corrected chi connectivity index (χ0v) is 15.7. The quantitative estimate of drug-likeness (QED) is 0.406. The number of esters is 1. The number of nitrogens with zero attached hydrogens (tertiary/aromatic N) is 3. The number of nitrogens with one attached hydrogen (secondary N) is 1. The predicted octanol–water partition coefficient (Wildman–Crippen LogP) is 2.85. The molecule has 0 radical (unpaired) electrons. The number of rotatable bonds is 6. The molecule has 0 amide bonds. The van der Waals surface area contributed by atoms with Gasteiger partial charge in [0.05, 0.1) is 18.5 Å². The van der Waals surface area contributed by atoms with Gasteiger partial charge in [-0.25, -0.2) is 9.67 Å². The van der Waals surface area contributed by atoms with E-state index in [1.165, 1.54) is 18.0 Å². The Morgan fingerprint density at radius 1 is 1.31 bits per heavy atom. The van der Waals surface area contributed by atoms with Crippen molar-refractivity contribution in [2.24, 2.45) is 0 Å². The first-order valence-corrected chi connectivity index (χ1v) is 9.29. The first-order valence-electron chi connectivity index (χ1n) is 8.41. The first-order chi connectivity index (χ1) is 12.5. The minimum atomic E-state index is -0.425. The molecule has 1 atom stereocenters. The Morgan fingerprint density at radius 3 is 2.69 bits per heavy atom. The van der Waals surface area contributed by atoms with Crippen molar-refractivity contribution in [3.63, 3.8) is 0 Å². The fourth-order valence-corrected chi connectivity index (χ4v) is 3.39. The van der Waals surface area contributed by atoms with E-state index in [-0.39, 0.29) is 11.5 Å². The molecule has 0 spiro atoms. The summed E-state index contributed by atoms with van der Waals surface area (Å²) < 4.78 is 6.70. The fourth-order valence-electron chi connectivity index (χ4n) is 2.50. The zero-order valence-electron chi connectivity index (χ0n) is 14.9. The molecule has 26 heavy (non-hydrogen) atoms. The van der Waals surface area contributed by atoms with E-state index in [0.29, 0.717) is 29.2 Å². The summed E-state index contributed by atoms with van der Waals surface area (Å²) in [6.45, 7) is 5.98. The molecule has 136 valence electrons.